The highest BCUT2D eigenvalue weighted by Crippen LogP contribution is 2.24. The van der Waals surface area contributed by atoms with E-state index in [0.717, 1.165) is 31.2 Å². The Morgan fingerprint density at radius 1 is 1.00 bits per heavy atom. The minimum absolute atomic E-state index is 0.0447. The molecular weight excluding hydrogens is 445 g/mol. The number of carbonyl (C=O) groups is 1. The first-order valence-corrected chi connectivity index (χ1v) is 11.8. The summed E-state index contributed by atoms with van der Waals surface area (Å²) in [7, 11) is -3.70. The van der Waals surface area contributed by atoms with Gasteiger partial charge in [-0.15, -0.1) is 0 Å². The molecule has 1 aliphatic rings. The Balaban J connectivity index is 1.42. The maximum Gasteiger partial charge on any atom is 0.422 e. The van der Waals surface area contributed by atoms with E-state index in [1.807, 2.05) is 6.07 Å². The minimum atomic E-state index is -4.41. The first-order valence-electron chi connectivity index (χ1n) is 10.3. The zero-order chi connectivity index (χ0) is 23.2. The van der Waals surface area contributed by atoms with E-state index in [-0.39, 0.29) is 36.1 Å². The molecule has 10 heteroatoms. The molecule has 0 fully saturated rings. The molecule has 1 aliphatic carbocycles. The molecule has 0 heterocycles. The van der Waals surface area contributed by atoms with Gasteiger partial charge in [0, 0.05) is 19.5 Å². The summed E-state index contributed by atoms with van der Waals surface area (Å²) < 4.78 is 68.5. The van der Waals surface area contributed by atoms with E-state index >= 15 is 0 Å². The molecule has 0 radical (unpaired) electrons. The summed E-state index contributed by atoms with van der Waals surface area (Å²) in [6.07, 6.45) is -0.454. The van der Waals surface area contributed by atoms with Gasteiger partial charge in [0.15, 0.2) is 6.61 Å². The van der Waals surface area contributed by atoms with E-state index in [2.05, 4.69) is 14.8 Å². The number of ether oxygens (including phenoxy) is 1. The van der Waals surface area contributed by atoms with Gasteiger partial charge in [0.1, 0.15) is 5.75 Å². The summed E-state index contributed by atoms with van der Waals surface area (Å²) in [6.45, 7) is -1.25. The molecular formula is C22H25F3N2O4S. The first kappa shape index (κ1) is 24.1. The van der Waals surface area contributed by atoms with Crippen LogP contribution in [0.2, 0.25) is 0 Å². The molecule has 32 heavy (non-hydrogen) atoms. The van der Waals surface area contributed by atoms with Crippen LogP contribution in [0.4, 0.5) is 13.2 Å². The fraction of sp³-hybridized carbons (Fsp3) is 0.409. The van der Waals surface area contributed by atoms with Crippen LogP contribution in [0.1, 0.15) is 36.0 Å². The van der Waals surface area contributed by atoms with Crippen LogP contribution in [0.3, 0.4) is 0 Å². The Bertz CT molecular complexity index is 1040. The average molecular weight is 471 g/mol. The second kappa shape index (κ2) is 10.4. The van der Waals surface area contributed by atoms with E-state index in [0.29, 0.717) is 5.56 Å². The third-order valence-corrected chi connectivity index (χ3v) is 6.55. The van der Waals surface area contributed by atoms with E-state index in [1.54, 1.807) is 24.3 Å². The summed E-state index contributed by atoms with van der Waals surface area (Å²) in [4.78, 5) is 12.2. The standard InChI is InChI=1S/C22H25F3N2O4S/c23-22(24,25)15-31-19-8-5-16(6-9-19)14-26-21(28)11-12-27-32(29,30)20-10-7-17-3-1-2-4-18(17)13-20/h5-10,13,27H,1-4,11-12,14-15H2,(H,26,28). The van der Waals surface area contributed by atoms with E-state index in [1.165, 1.54) is 17.7 Å². The van der Waals surface area contributed by atoms with Crippen molar-refractivity contribution in [1.82, 2.24) is 10.0 Å². The van der Waals surface area contributed by atoms with Gasteiger partial charge >= 0.3 is 6.18 Å². The van der Waals surface area contributed by atoms with Crippen LogP contribution in [-0.4, -0.2) is 33.7 Å². The number of nitrogens with one attached hydrogen (secondary N) is 2. The Morgan fingerprint density at radius 3 is 2.38 bits per heavy atom. The lowest BCUT2D eigenvalue weighted by Gasteiger charge is -2.16. The fourth-order valence-corrected chi connectivity index (χ4v) is 4.50. The number of hydrogen-bond acceptors (Lipinski definition) is 4. The van der Waals surface area contributed by atoms with Crippen molar-refractivity contribution in [2.75, 3.05) is 13.2 Å². The largest absolute Gasteiger partial charge is 0.484 e. The average Bonchev–Trinajstić information content (AvgIpc) is 2.76. The molecule has 174 valence electrons. The number of benzene rings is 2. The first-order chi connectivity index (χ1) is 15.1. The Morgan fingerprint density at radius 2 is 1.69 bits per heavy atom. The highest BCUT2D eigenvalue weighted by atomic mass is 32.2. The normalized spacial score (nSPS) is 14.0. The number of alkyl halides is 3. The van der Waals surface area contributed by atoms with Gasteiger partial charge in [-0.05, 0) is 66.6 Å². The Hall–Kier alpha value is -2.59. The predicted octanol–water partition coefficient (Wildman–Crippen LogP) is 3.49. The van der Waals surface area contributed by atoms with E-state index < -0.39 is 22.8 Å². The number of carbonyl (C=O) groups excluding carboxylic acids is 1. The third-order valence-electron chi connectivity index (χ3n) is 5.09. The van der Waals surface area contributed by atoms with Gasteiger partial charge in [-0.1, -0.05) is 18.2 Å². The maximum atomic E-state index is 12.5. The van der Waals surface area contributed by atoms with E-state index in [4.69, 9.17) is 0 Å². The quantitative estimate of drug-likeness (QED) is 0.588. The summed E-state index contributed by atoms with van der Waals surface area (Å²) in [5.41, 5.74) is 2.92. The highest BCUT2D eigenvalue weighted by molar-refractivity contribution is 7.89. The molecule has 2 N–H and O–H groups in total. The number of aryl methyl sites for hydroxylation is 2. The molecule has 6 nitrogen and oxygen atoms in total. The maximum absolute atomic E-state index is 12.5. The van der Waals surface area contributed by atoms with Gasteiger partial charge in [0.05, 0.1) is 4.90 Å². The molecule has 0 aliphatic heterocycles. The van der Waals surface area contributed by atoms with Gasteiger partial charge in [-0.2, -0.15) is 13.2 Å². The SMILES string of the molecule is O=C(CCNS(=O)(=O)c1ccc2c(c1)CCCC2)NCc1ccc(OCC(F)(F)F)cc1. The van der Waals surface area contributed by atoms with Crippen molar-refractivity contribution in [2.24, 2.45) is 0 Å². The van der Waals surface area contributed by atoms with Crippen molar-refractivity contribution < 1.29 is 31.1 Å². The van der Waals surface area contributed by atoms with Crippen molar-refractivity contribution in [3.8, 4) is 5.75 Å². The lowest BCUT2D eigenvalue weighted by atomic mass is 9.92. The summed E-state index contributed by atoms with van der Waals surface area (Å²) in [6, 6.07) is 11.0. The Kier molecular flexibility index (Phi) is 7.78. The summed E-state index contributed by atoms with van der Waals surface area (Å²) in [5, 5.41) is 2.65. The van der Waals surface area contributed by atoms with Crippen LogP contribution in [0.25, 0.3) is 0 Å². The molecule has 0 bridgehead atoms. The van der Waals surface area contributed by atoms with Crippen LogP contribution in [0.5, 0.6) is 5.75 Å². The smallest absolute Gasteiger partial charge is 0.422 e. The zero-order valence-electron chi connectivity index (χ0n) is 17.4. The van der Waals surface area contributed by atoms with Gasteiger partial charge in [0.25, 0.3) is 0 Å². The van der Waals surface area contributed by atoms with Gasteiger partial charge in [-0.25, -0.2) is 13.1 Å². The molecule has 0 spiro atoms. The van der Waals surface area contributed by atoms with Gasteiger partial charge in [-0.3, -0.25) is 4.79 Å². The summed E-state index contributed by atoms with van der Waals surface area (Å²) >= 11 is 0. The van der Waals surface area contributed by atoms with Crippen LogP contribution < -0.4 is 14.8 Å². The van der Waals surface area contributed by atoms with Crippen molar-refractivity contribution in [2.45, 2.75) is 49.7 Å². The van der Waals surface area contributed by atoms with Crippen LogP contribution in [0.15, 0.2) is 47.4 Å². The van der Waals surface area contributed by atoms with Crippen LogP contribution in [-0.2, 0) is 34.2 Å². The lowest BCUT2D eigenvalue weighted by molar-refractivity contribution is -0.153. The highest BCUT2D eigenvalue weighted by Gasteiger charge is 2.28. The van der Waals surface area contributed by atoms with Crippen molar-refractivity contribution in [1.29, 1.82) is 0 Å². The number of halogens is 3. The second-order valence-electron chi connectivity index (χ2n) is 7.61. The van der Waals surface area contributed by atoms with Crippen molar-refractivity contribution >= 4 is 15.9 Å². The molecule has 0 saturated carbocycles. The number of amides is 1. The number of fused-ring (bicyclic) bond motifs is 1. The summed E-state index contributed by atoms with van der Waals surface area (Å²) in [5.74, 6) is -0.274. The number of sulfonamides is 1. The molecule has 2 aromatic rings. The molecule has 1 amide bonds. The molecule has 0 aromatic heterocycles. The molecule has 0 saturated heterocycles. The van der Waals surface area contributed by atoms with Gasteiger partial charge in [0.2, 0.25) is 15.9 Å². The second-order valence-corrected chi connectivity index (χ2v) is 9.38. The third kappa shape index (κ3) is 7.23. The fourth-order valence-electron chi connectivity index (χ4n) is 3.42. The van der Waals surface area contributed by atoms with Crippen LogP contribution >= 0.6 is 0 Å². The van der Waals surface area contributed by atoms with Gasteiger partial charge < -0.3 is 10.1 Å². The Labute approximate surface area is 185 Å². The molecule has 0 unspecified atom stereocenters. The van der Waals surface area contributed by atoms with Crippen molar-refractivity contribution in [3.63, 3.8) is 0 Å². The predicted molar refractivity (Wildman–Crippen MR) is 113 cm³/mol. The monoisotopic (exact) mass is 470 g/mol. The number of hydrogen-bond donors (Lipinski definition) is 2. The number of rotatable bonds is 9. The van der Waals surface area contributed by atoms with Crippen molar-refractivity contribution in [3.05, 3.63) is 59.2 Å². The molecule has 3 rings (SSSR count). The molecule has 0 atom stereocenters. The zero-order valence-corrected chi connectivity index (χ0v) is 18.2. The van der Waals surface area contributed by atoms with E-state index in [9.17, 15) is 26.4 Å². The van der Waals surface area contributed by atoms with Crippen LogP contribution in [0, 0.1) is 0 Å². The topological polar surface area (TPSA) is 84.5 Å². The lowest BCUT2D eigenvalue weighted by Crippen LogP contribution is -2.30. The minimum Gasteiger partial charge on any atom is -0.484 e. The molecule has 2 aromatic carbocycles.